The smallest absolute Gasteiger partial charge is 0.309 e. The minimum absolute atomic E-state index is 0.0125. The Labute approximate surface area is 138 Å². The van der Waals surface area contributed by atoms with E-state index in [-0.39, 0.29) is 13.1 Å². The molecule has 7 heteroatoms. The number of rotatable bonds is 6. The molecule has 2 aromatic rings. The van der Waals surface area contributed by atoms with E-state index in [9.17, 15) is 14.7 Å². The van der Waals surface area contributed by atoms with Gasteiger partial charge in [0.15, 0.2) is 0 Å². The van der Waals surface area contributed by atoms with E-state index in [0.29, 0.717) is 5.75 Å². The van der Waals surface area contributed by atoms with Gasteiger partial charge in [0.2, 0.25) is 0 Å². The third-order valence-electron chi connectivity index (χ3n) is 3.17. The van der Waals surface area contributed by atoms with Gasteiger partial charge in [-0.2, -0.15) is 0 Å². The zero-order chi connectivity index (χ0) is 16.7. The van der Waals surface area contributed by atoms with Crippen molar-refractivity contribution in [1.82, 2.24) is 10.6 Å². The molecule has 3 N–H and O–H groups in total. The first-order valence-electron chi connectivity index (χ1n) is 7.01. The quantitative estimate of drug-likeness (QED) is 0.693. The van der Waals surface area contributed by atoms with Crippen LogP contribution in [0, 0.1) is 0 Å². The summed E-state index contributed by atoms with van der Waals surface area (Å²) in [5.41, 5.74) is 0.773. The van der Waals surface area contributed by atoms with Gasteiger partial charge in [0.05, 0.1) is 7.11 Å². The van der Waals surface area contributed by atoms with E-state index in [1.165, 1.54) is 11.3 Å². The van der Waals surface area contributed by atoms with Crippen molar-refractivity contribution in [3.05, 3.63) is 52.2 Å². The molecular formula is C16H18N2O4S. The molecule has 6 nitrogen and oxygen atoms in total. The number of benzene rings is 1. The Morgan fingerprint density at radius 2 is 1.91 bits per heavy atom. The number of hydrogen-bond acceptors (Lipinski definition) is 5. The standard InChI is InChI=1S/C16H18N2O4S/c1-22-13-6-3-2-5-11(13)9-17-15(20)16(21)18-10-12(19)14-7-4-8-23-14/h2-8,12,19H,9-10H2,1H3,(H,17,20)(H,18,21). The van der Waals surface area contributed by atoms with Crippen molar-refractivity contribution in [2.75, 3.05) is 13.7 Å². The number of para-hydroxylation sites is 1. The van der Waals surface area contributed by atoms with Crippen LogP contribution < -0.4 is 15.4 Å². The first-order chi connectivity index (χ1) is 11.1. The summed E-state index contributed by atoms with van der Waals surface area (Å²) in [5, 5.41) is 16.6. The molecule has 0 radical (unpaired) electrons. The summed E-state index contributed by atoms with van der Waals surface area (Å²) in [6.45, 7) is 0.172. The Morgan fingerprint density at radius 3 is 2.61 bits per heavy atom. The minimum Gasteiger partial charge on any atom is -0.496 e. The summed E-state index contributed by atoms with van der Waals surface area (Å²) in [6, 6.07) is 10.8. The highest BCUT2D eigenvalue weighted by atomic mass is 32.1. The van der Waals surface area contributed by atoms with Gasteiger partial charge < -0.3 is 20.5 Å². The highest BCUT2D eigenvalue weighted by molar-refractivity contribution is 7.10. The lowest BCUT2D eigenvalue weighted by Crippen LogP contribution is -2.41. The first kappa shape index (κ1) is 17.0. The van der Waals surface area contributed by atoms with Crippen LogP contribution in [0.4, 0.5) is 0 Å². The van der Waals surface area contributed by atoms with Crippen molar-refractivity contribution in [3.8, 4) is 5.75 Å². The third-order valence-corrected chi connectivity index (χ3v) is 4.14. The average Bonchev–Trinajstić information content (AvgIpc) is 3.12. The number of carbonyl (C=O) groups excluding carboxylic acids is 2. The molecule has 23 heavy (non-hydrogen) atoms. The van der Waals surface area contributed by atoms with E-state index in [1.54, 1.807) is 25.3 Å². The monoisotopic (exact) mass is 334 g/mol. The molecule has 0 fully saturated rings. The second-order valence-corrected chi connectivity index (χ2v) is 5.72. The van der Waals surface area contributed by atoms with Crippen molar-refractivity contribution in [1.29, 1.82) is 0 Å². The summed E-state index contributed by atoms with van der Waals surface area (Å²) >= 11 is 1.39. The summed E-state index contributed by atoms with van der Waals surface area (Å²) < 4.78 is 5.17. The molecule has 1 heterocycles. The summed E-state index contributed by atoms with van der Waals surface area (Å²) in [6.07, 6.45) is -0.819. The predicted octanol–water partition coefficient (Wildman–Crippen LogP) is 1.22. The lowest BCUT2D eigenvalue weighted by molar-refractivity contribution is -0.139. The summed E-state index contributed by atoms with van der Waals surface area (Å²) in [7, 11) is 1.54. The maximum atomic E-state index is 11.8. The molecule has 0 bridgehead atoms. The number of carbonyl (C=O) groups is 2. The van der Waals surface area contributed by atoms with Gasteiger partial charge in [-0.05, 0) is 17.5 Å². The summed E-state index contributed by atoms with van der Waals surface area (Å²) in [4.78, 5) is 24.2. The van der Waals surface area contributed by atoms with Crippen LogP contribution in [0.1, 0.15) is 16.5 Å². The van der Waals surface area contributed by atoms with Gasteiger partial charge >= 0.3 is 11.8 Å². The Kier molecular flexibility index (Phi) is 6.13. The fraction of sp³-hybridized carbons (Fsp3) is 0.250. The molecule has 0 spiro atoms. The van der Waals surface area contributed by atoms with E-state index in [0.717, 1.165) is 10.4 Å². The number of nitrogens with one attached hydrogen (secondary N) is 2. The molecule has 2 amide bonds. The largest absolute Gasteiger partial charge is 0.496 e. The second-order valence-electron chi connectivity index (χ2n) is 4.74. The van der Waals surface area contributed by atoms with Crippen LogP contribution in [0.25, 0.3) is 0 Å². The number of ether oxygens (including phenoxy) is 1. The molecule has 1 atom stereocenters. The highest BCUT2D eigenvalue weighted by Gasteiger charge is 2.16. The van der Waals surface area contributed by atoms with E-state index in [2.05, 4.69) is 10.6 Å². The van der Waals surface area contributed by atoms with Gasteiger partial charge in [-0.25, -0.2) is 0 Å². The molecule has 2 rings (SSSR count). The number of amides is 2. The fourth-order valence-corrected chi connectivity index (χ4v) is 2.67. The SMILES string of the molecule is COc1ccccc1CNC(=O)C(=O)NCC(O)c1cccs1. The molecule has 0 saturated heterocycles. The molecule has 0 aliphatic carbocycles. The minimum atomic E-state index is -0.819. The molecule has 1 aromatic heterocycles. The Morgan fingerprint density at radius 1 is 1.17 bits per heavy atom. The zero-order valence-corrected chi connectivity index (χ0v) is 13.4. The van der Waals surface area contributed by atoms with Gasteiger partial charge in [-0.1, -0.05) is 24.3 Å². The predicted molar refractivity (Wildman–Crippen MR) is 87.1 cm³/mol. The Balaban J connectivity index is 1.80. The molecule has 122 valence electrons. The van der Waals surface area contributed by atoms with Gasteiger partial charge in [0, 0.05) is 23.5 Å². The van der Waals surface area contributed by atoms with Gasteiger partial charge in [0.25, 0.3) is 0 Å². The Bertz CT molecular complexity index is 658. The van der Waals surface area contributed by atoms with Crippen LogP contribution >= 0.6 is 11.3 Å². The van der Waals surface area contributed by atoms with E-state index < -0.39 is 17.9 Å². The zero-order valence-electron chi connectivity index (χ0n) is 12.6. The van der Waals surface area contributed by atoms with Crippen LogP contribution in [0.15, 0.2) is 41.8 Å². The maximum Gasteiger partial charge on any atom is 0.309 e. The number of aliphatic hydroxyl groups is 1. The number of aliphatic hydroxyl groups excluding tert-OH is 1. The van der Waals surface area contributed by atoms with Crippen molar-refractivity contribution < 1.29 is 19.4 Å². The van der Waals surface area contributed by atoms with Gasteiger partial charge in [-0.15, -0.1) is 11.3 Å². The molecule has 0 aliphatic rings. The van der Waals surface area contributed by atoms with E-state index in [4.69, 9.17) is 4.74 Å². The van der Waals surface area contributed by atoms with E-state index >= 15 is 0 Å². The number of methoxy groups -OCH3 is 1. The van der Waals surface area contributed by atoms with Crippen molar-refractivity contribution in [3.63, 3.8) is 0 Å². The lowest BCUT2D eigenvalue weighted by atomic mass is 10.2. The molecule has 0 aliphatic heterocycles. The normalized spacial score (nSPS) is 11.6. The summed E-state index contributed by atoms with van der Waals surface area (Å²) in [5.74, 6) is -0.897. The van der Waals surface area contributed by atoms with Gasteiger partial charge in [-0.3, -0.25) is 9.59 Å². The third kappa shape index (κ3) is 4.80. The van der Waals surface area contributed by atoms with Crippen molar-refractivity contribution >= 4 is 23.2 Å². The van der Waals surface area contributed by atoms with Gasteiger partial charge in [0.1, 0.15) is 11.9 Å². The molecular weight excluding hydrogens is 316 g/mol. The van der Waals surface area contributed by atoms with Crippen LogP contribution in [-0.4, -0.2) is 30.6 Å². The van der Waals surface area contributed by atoms with Crippen molar-refractivity contribution in [2.45, 2.75) is 12.6 Å². The topological polar surface area (TPSA) is 87.7 Å². The molecule has 1 unspecified atom stereocenters. The van der Waals surface area contributed by atoms with Crippen LogP contribution in [0.5, 0.6) is 5.75 Å². The van der Waals surface area contributed by atoms with Crippen LogP contribution in [0.2, 0.25) is 0 Å². The fourth-order valence-electron chi connectivity index (χ4n) is 1.96. The number of hydrogen-bond donors (Lipinski definition) is 3. The number of thiophene rings is 1. The van der Waals surface area contributed by atoms with Crippen LogP contribution in [0.3, 0.4) is 0 Å². The van der Waals surface area contributed by atoms with E-state index in [1.807, 2.05) is 23.6 Å². The first-order valence-corrected chi connectivity index (χ1v) is 7.89. The Hall–Kier alpha value is -2.38. The highest BCUT2D eigenvalue weighted by Crippen LogP contribution is 2.18. The second kappa shape index (κ2) is 8.30. The van der Waals surface area contributed by atoms with Crippen molar-refractivity contribution in [2.24, 2.45) is 0 Å². The maximum absolute atomic E-state index is 11.8. The lowest BCUT2D eigenvalue weighted by Gasteiger charge is -2.11. The molecule has 0 saturated carbocycles. The molecule has 1 aromatic carbocycles. The van der Waals surface area contributed by atoms with Crippen LogP contribution in [-0.2, 0) is 16.1 Å². The average molecular weight is 334 g/mol.